The van der Waals surface area contributed by atoms with E-state index in [0.29, 0.717) is 19.1 Å². The molecule has 0 spiro atoms. The number of ether oxygens (including phenoxy) is 1. The van der Waals surface area contributed by atoms with Crippen molar-refractivity contribution in [3.05, 3.63) is 12.2 Å². The van der Waals surface area contributed by atoms with Crippen LogP contribution in [-0.4, -0.2) is 24.4 Å². The smallest absolute Gasteiger partial charge is 0.0647 e. The Kier molecular flexibility index (Phi) is 6.92. The highest BCUT2D eigenvalue weighted by molar-refractivity contribution is 4.76. The summed E-state index contributed by atoms with van der Waals surface area (Å²) in [7, 11) is 0. The highest BCUT2D eigenvalue weighted by Gasteiger charge is 2.17. The largest absolute Gasteiger partial charge is 0.392 e. The van der Waals surface area contributed by atoms with Crippen molar-refractivity contribution < 1.29 is 9.84 Å². The fourth-order valence-corrected chi connectivity index (χ4v) is 1.17. The molecular weight excluding hydrogens is 164 g/mol. The number of hydrogen-bond acceptors (Lipinski definition) is 2. The Labute approximate surface area is 81.6 Å². The van der Waals surface area contributed by atoms with Crippen molar-refractivity contribution in [3.63, 3.8) is 0 Å². The van der Waals surface area contributed by atoms with Crippen molar-refractivity contribution in [1.82, 2.24) is 0 Å². The summed E-state index contributed by atoms with van der Waals surface area (Å²) in [5.41, 5.74) is 0. The Morgan fingerprint density at radius 3 is 2.38 bits per heavy atom. The van der Waals surface area contributed by atoms with E-state index in [1.807, 2.05) is 39.8 Å². The van der Waals surface area contributed by atoms with Gasteiger partial charge in [-0.25, -0.2) is 0 Å². The van der Waals surface area contributed by atoms with Crippen molar-refractivity contribution in [2.45, 2.75) is 33.8 Å². The van der Waals surface area contributed by atoms with Gasteiger partial charge in [0, 0.05) is 5.92 Å². The minimum Gasteiger partial charge on any atom is -0.392 e. The number of aliphatic hydroxyl groups is 1. The van der Waals surface area contributed by atoms with E-state index in [1.54, 1.807) is 0 Å². The molecule has 0 aliphatic rings. The van der Waals surface area contributed by atoms with Gasteiger partial charge in [-0.3, -0.25) is 0 Å². The van der Waals surface area contributed by atoms with Gasteiger partial charge in [0.25, 0.3) is 0 Å². The SMILES string of the molecule is CC=CCOCC(C)C(O)C(C)C. The zero-order valence-corrected chi connectivity index (χ0v) is 9.16. The molecule has 0 aromatic rings. The Bertz CT molecular complexity index is 141. The molecule has 0 saturated heterocycles. The second kappa shape index (κ2) is 7.10. The van der Waals surface area contributed by atoms with Crippen LogP contribution in [0.1, 0.15) is 27.7 Å². The van der Waals surface area contributed by atoms with Crippen LogP contribution in [-0.2, 0) is 4.74 Å². The molecule has 0 heterocycles. The molecule has 2 unspecified atom stereocenters. The van der Waals surface area contributed by atoms with Gasteiger partial charge in [0.15, 0.2) is 0 Å². The van der Waals surface area contributed by atoms with Crippen molar-refractivity contribution in [2.24, 2.45) is 11.8 Å². The van der Waals surface area contributed by atoms with Crippen LogP contribution in [0.3, 0.4) is 0 Å². The summed E-state index contributed by atoms with van der Waals surface area (Å²) in [5, 5.41) is 9.65. The summed E-state index contributed by atoms with van der Waals surface area (Å²) in [6.45, 7) is 9.30. The third kappa shape index (κ3) is 5.83. The summed E-state index contributed by atoms with van der Waals surface area (Å²) < 4.78 is 5.36. The number of hydrogen-bond donors (Lipinski definition) is 1. The zero-order valence-electron chi connectivity index (χ0n) is 9.16. The summed E-state index contributed by atoms with van der Waals surface area (Å²) in [6, 6.07) is 0. The van der Waals surface area contributed by atoms with Crippen molar-refractivity contribution in [2.75, 3.05) is 13.2 Å². The monoisotopic (exact) mass is 186 g/mol. The predicted molar refractivity (Wildman–Crippen MR) is 55.6 cm³/mol. The normalized spacial score (nSPS) is 16.8. The van der Waals surface area contributed by atoms with Crippen LogP contribution in [0.2, 0.25) is 0 Å². The third-order valence-electron chi connectivity index (χ3n) is 2.10. The quantitative estimate of drug-likeness (QED) is 0.509. The molecular formula is C11H22O2. The third-order valence-corrected chi connectivity index (χ3v) is 2.10. The van der Waals surface area contributed by atoms with Crippen LogP contribution in [0, 0.1) is 11.8 Å². The van der Waals surface area contributed by atoms with Gasteiger partial charge < -0.3 is 9.84 Å². The minimum atomic E-state index is -0.259. The predicted octanol–water partition coefficient (Wildman–Crippen LogP) is 2.23. The van der Waals surface area contributed by atoms with Gasteiger partial charge in [-0.15, -0.1) is 0 Å². The summed E-state index contributed by atoms with van der Waals surface area (Å²) >= 11 is 0. The first-order chi connectivity index (χ1) is 6.09. The molecule has 0 aliphatic carbocycles. The zero-order chi connectivity index (χ0) is 10.3. The molecule has 0 aromatic carbocycles. The highest BCUT2D eigenvalue weighted by Crippen LogP contribution is 2.12. The minimum absolute atomic E-state index is 0.213. The standard InChI is InChI=1S/C11H22O2/c1-5-6-7-13-8-10(4)11(12)9(2)3/h5-6,9-12H,7-8H2,1-4H3. The van der Waals surface area contributed by atoms with Gasteiger partial charge in [-0.05, 0) is 12.8 Å². The van der Waals surface area contributed by atoms with E-state index < -0.39 is 0 Å². The molecule has 0 fully saturated rings. The molecule has 2 nitrogen and oxygen atoms in total. The van der Waals surface area contributed by atoms with Crippen LogP contribution >= 0.6 is 0 Å². The Hall–Kier alpha value is -0.340. The maximum absolute atomic E-state index is 9.65. The van der Waals surface area contributed by atoms with Gasteiger partial charge in [-0.1, -0.05) is 32.9 Å². The van der Waals surface area contributed by atoms with E-state index in [2.05, 4.69) is 0 Å². The van der Waals surface area contributed by atoms with Crippen LogP contribution in [0.4, 0.5) is 0 Å². The van der Waals surface area contributed by atoms with E-state index in [1.165, 1.54) is 0 Å². The van der Waals surface area contributed by atoms with Gasteiger partial charge in [0.2, 0.25) is 0 Å². The second-order valence-electron chi connectivity index (χ2n) is 3.82. The molecule has 13 heavy (non-hydrogen) atoms. The van der Waals surface area contributed by atoms with Crippen molar-refractivity contribution in [3.8, 4) is 0 Å². The Morgan fingerprint density at radius 1 is 1.31 bits per heavy atom. The van der Waals surface area contributed by atoms with Gasteiger partial charge in [-0.2, -0.15) is 0 Å². The molecule has 1 N–H and O–H groups in total. The van der Waals surface area contributed by atoms with Crippen LogP contribution in [0.5, 0.6) is 0 Å². The molecule has 78 valence electrons. The number of aliphatic hydroxyl groups excluding tert-OH is 1. The molecule has 0 aliphatic heterocycles. The summed E-state index contributed by atoms with van der Waals surface area (Å²) in [6.07, 6.45) is 3.67. The van der Waals surface area contributed by atoms with E-state index in [-0.39, 0.29) is 12.0 Å². The average molecular weight is 186 g/mol. The fourth-order valence-electron chi connectivity index (χ4n) is 1.17. The molecule has 2 heteroatoms. The van der Waals surface area contributed by atoms with Crippen molar-refractivity contribution >= 4 is 0 Å². The first kappa shape index (κ1) is 12.7. The van der Waals surface area contributed by atoms with Gasteiger partial charge >= 0.3 is 0 Å². The van der Waals surface area contributed by atoms with E-state index >= 15 is 0 Å². The van der Waals surface area contributed by atoms with E-state index in [4.69, 9.17) is 4.74 Å². The number of allylic oxidation sites excluding steroid dienone is 1. The molecule has 0 bridgehead atoms. The Morgan fingerprint density at radius 2 is 1.92 bits per heavy atom. The Balaban J connectivity index is 3.55. The second-order valence-corrected chi connectivity index (χ2v) is 3.82. The summed E-state index contributed by atoms with van der Waals surface area (Å²) in [4.78, 5) is 0. The summed E-state index contributed by atoms with van der Waals surface area (Å²) in [5.74, 6) is 0.519. The lowest BCUT2D eigenvalue weighted by atomic mass is 9.96. The van der Waals surface area contributed by atoms with Gasteiger partial charge in [0.05, 0.1) is 19.3 Å². The first-order valence-corrected chi connectivity index (χ1v) is 4.96. The van der Waals surface area contributed by atoms with Crippen molar-refractivity contribution in [1.29, 1.82) is 0 Å². The molecule has 0 rings (SSSR count). The van der Waals surface area contributed by atoms with E-state index in [9.17, 15) is 5.11 Å². The van der Waals surface area contributed by atoms with Gasteiger partial charge in [0.1, 0.15) is 0 Å². The fraction of sp³-hybridized carbons (Fsp3) is 0.818. The maximum atomic E-state index is 9.65. The highest BCUT2D eigenvalue weighted by atomic mass is 16.5. The van der Waals surface area contributed by atoms with Crippen LogP contribution in [0.15, 0.2) is 12.2 Å². The maximum Gasteiger partial charge on any atom is 0.0647 e. The topological polar surface area (TPSA) is 29.5 Å². The lowest BCUT2D eigenvalue weighted by Gasteiger charge is -2.21. The van der Waals surface area contributed by atoms with Crippen LogP contribution < -0.4 is 0 Å². The average Bonchev–Trinajstić information content (AvgIpc) is 2.10. The first-order valence-electron chi connectivity index (χ1n) is 4.96. The number of rotatable bonds is 6. The molecule has 2 atom stereocenters. The molecule has 0 aromatic heterocycles. The van der Waals surface area contributed by atoms with E-state index in [0.717, 1.165) is 0 Å². The lowest BCUT2D eigenvalue weighted by Crippen LogP contribution is -2.27. The molecule has 0 radical (unpaired) electrons. The molecule has 0 amide bonds. The lowest BCUT2D eigenvalue weighted by molar-refractivity contribution is 0.0204. The van der Waals surface area contributed by atoms with Crippen LogP contribution in [0.25, 0.3) is 0 Å². The molecule has 0 saturated carbocycles.